The molecule has 1 amide bonds. The minimum Gasteiger partial charge on any atom is -0.384 e. The molecule has 2 aromatic rings. The van der Waals surface area contributed by atoms with Crippen molar-refractivity contribution in [2.75, 3.05) is 23.7 Å². The van der Waals surface area contributed by atoms with Crippen molar-refractivity contribution >= 4 is 29.0 Å². The predicted molar refractivity (Wildman–Crippen MR) is 87.8 cm³/mol. The maximum absolute atomic E-state index is 12.8. The fraction of sp³-hybridized carbons (Fsp3) is 0.467. The molecule has 3 fully saturated rings. The van der Waals surface area contributed by atoms with Gasteiger partial charge in [0.25, 0.3) is 0 Å². The number of amides is 1. The number of hydrogen-bond acceptors (Lipinski definition) is 7. The number of rotatable bonds is 3. The molecular weight excluding hydrogens is 312 g/mol. The minimum absolute atomic E-state index is 0.00239. The van der Waals surface area contributed by atoms with Gasteiger partial charge < -0.3 is 15.5 Å². The number of nitrogen functional groups attached to an aromatic ring is 1. The normalized spacial score (nSPS) is 24.1. The third-order valence-electron chi connectivity index (χ3n) is 4.56. The molecule has 7 nitrogen and oxygen atoms in total. The molecule has 0 aromatic carbocycles. The Hall–Kier alpha value is -2.22. The molecule has 0 radical (unpaired) electrons. The number of anilines is 2. The van der Waals surface area contributed by atoms with Crippen LogP contribution in [-0.2, 0) is 11.3 Å². The van der Waals surface area contributed by atoms with Gasteiger partial charge >= 0.3 is 0 Å². The van der Waals surface area contributed by atoms with Gasteiger partial charge in [-0.1, -0.05) is 0 Å². The summed E-state index contributed by atoms with van der Waals surface area (Å²) in [6.45, 7) is 2.00. The predicted octanol–water partition coefficient (Wildman–Crippen LogP) is 1.14. The van der Waals surface area contributed by atoms with E-state index in [0.29, 0.717) is 24.9 Å². The molecule has 3 saturated heterocycles. The maximum atomic E-state index is 12.8. The quantitative estimate of drug-likeness (QED) is 0.908. The monoisotopic (exact) mass is 330 g/mol. The Morgan fingerprint density at radius 2 is 2.22 bits per heavy atom. The number of nitrogens with two attached hydrogens (primary N) is 1. The summed E-state index contributed by atoms with van der Waals surface area (Å²) in [4.78, 5) is 29.8. The van der Waals surface area contributed by atoms with Gasteiger partial charge in [0, 0.05) is 30.7 Å². The first-order valence-electron chi connectivity index (χ1n) is 7.72. The van der Waals surface area contributed by atoms with Crippen LogP contribution in [0.1, 0.15) is 18.5 Å². The standard InChI is InChI=1S/C15H18N6OS/c16-13-3-4-17-15(19-13)20-5-10-1-2-12(7-20)21(14(10)22)6-11-8-23-9-18-11/h3-4,8-10,12H,1-2,5-7H2,(H2,16,17,19)/t10-,12+/m0/s1. The van der Waals surface area contributed by atoms with Gasteiger partial charge in [-0.15, -0.1) is 11.3 Å². The van der Waals surface area contributed by atoms with E-state index in [2.05, 4.69) is 19.9 Å². The van der Waals surface area contributed by atoms with E-state index in [1.165, 1.54) is 0 Å². The van der Waals surface area contributed by atoms with E-state index in [-0.39, 0.29) is 17.9 Å². The number of hydrogen-bond donors (Lipinski definition) is 1. The number of carbonyl (C=O) groups excluding carboxylic acids is 1. The highest BCUT2D eigenvalue weighted by atomic mass is 32.1. The van der Waals surface area contributed by atoms with Gasteiger partial charge in [-0.25, -0.2) is 9.97 Å². The van der Waals surface area contributed by atoms with Crippen molar-refractivity contribution in [2.45, 2.75) is 25.4 Å². The molecule has 0 aliphatic carbocycles. The first-order valence-corrected chi connectivity index (χ1v) is 8.66. The number of fused-ring (bicyclic) bond motifs is 4. The zero-order valence-electron chi connectivity index (χ0n) is 12.6. The summed E-state index contributed by atoms with van der Waals surface area (Å²) in [5.41, 5.74) is 8.54. The average Bonchev–Trinajstić information content (AvgIpc) is 2.91. The van der Waals surface area contributed by atoms with E-state index in [0.717, 1.165) is 25.1 Å². The second-order valence-corrected chi connectivity index (χ2v) is 6.78. The number of piperidine rings is 1. The lowest BCUT2D eigenvalue weighted by Crippen LogP contribution is -2.47. The molecule has 5 rings (SSSR count). The van der Waals surface area contributed by atoms with Crippen LogP contribution in [0.2, 0.25) is 0 Å². The number of aromatic nitrogens is 3. The zero-order valence-corrected chi connectivity index (χ0v) is 13.4. The van der Waals surface area contributed by atoms with Crippen LogP contribution in [0.3, 0.4) is 0 Å². The maximum Gasteiger partial charge on any atom is 0.228 e. The fourth-order valence-corrected chi connectivity index (χ4v) is 3.97. The van der Waals surface area contributed by atoms with Crippen LogP contribution in [0.5, 0.6) is 0 Å². The van der Waals surface area contributed by atoms with Gasteiger partial charge in [0.05, 0.1) is 23.7 Å². The summed E-state index contributed by atoms with van der Waals surface area (Å²) >= 11 is 1.56. The van der Waals surface area contributed by atoms with E-state index < -0.39 is 0 Å². The van der Waals surface area contributed by atoms with Crippen molar-refractivity contribution in [2.24, 2.45) is 5.92 Å². The molecule has 0 saturated carbocycles. The molecule has 5 heterocycles. The Balaban J connectivity index is 1.59. The van der Waals surface area contributed by atoms with Gasteiger partial charge in [0.1, 0.15) is 5.82 Å². The molecule has 2 aromatic heterocycles. The highest BCUT2D eigenvalue weighted by molar-refractivity contribution is 7.07. The lowest BCUT2D eigenvalue weighted by Gasteiger charge is -2.35. The molecule has 3 aliphatic rings. The van der Waals surface area contributed by atoms with Gasteiger partial charge in [0.15, 0.2) is 0 Å². The van der Waals surface area contributed by atoms with Crippen molar-refractivity contribution in [3.8, 4) is 0 Å². The first-order chi connectivity index (χ1) is 11.2. The van der Waals surface area contributed by atoms with Crippen LogP contribution in [0.4, 0.5) is 11.8 Å². The molecule has 23 heavy (non-hydrogen) atoms. The van der Waals surface area contributed by atoms with Crippen LogP contribution in [0.15, 0.2) is 23.2 Å². The smallest absolute Gasteiger partial charge is 0.228 e. The first kappa shape index (κ1) is 14.4. The largest absolute Gasteiger partial charge is 0.384 e. The summed E-state index contributed by atoms with van der Waals surface area (Å²) in [5, 5.41) is 2.00. The SMILES string of the molecule is Nc1ccnc(N2C[C@@H]3CC[C@H](C2)N(Cc2cscn2)C3=O)n1. The summed E-state index contributed by atoms with van der Waals surface area (Å²) in [5.74, 6) is 1.29. The summed E-state index contributed by atoms with van der Waals surface area (Å²) in [6, 6.07) is 1.85. The minimum atomic E-state index is -0.00239. The molecule has 8 heteroatoms. The molecule has 2 atom stereocenters. The third-order valence-corrected chi connectivity index (χ3v) is 5.19. The van der Waals surface area contributed by atoms with Crippen LogP contribution in [-0.4, -0.2) is 44.9 Å². The Labute approximate surface area is 138 Å². The lowest BCUT2D eigenvalue weighted by molar-refractivity contribution is -0.140. The lowest BCUT2D eigenvalue weighted by atomic mass is 9.94. The van der Waals surface area contributed by atoms with Crippen LogP contribution in [0, 0.1) is 5.92 Å². The van der Waals surface area contributed by atoms with Crippen LogP contribution >= 0.6 is 11.3 Å². The summed E-state index contributed by atoms with van der Waals surface area (Å²) in [6.07, 6.45) is 3.61. The van der Waals surface area contributed by atoms with E-state index in [4.69, 9.17) is 5.73 Å². The van der Waals surface area contributed by atoms with Gasteiger partial charge in [-0.05, 0) is 18.9 Å². The summed E-state index contributed by atoms with van der Waals surface area (Å²) < 4.78 is 0. The van der Waals surface area contributed by atoms with Gasteiger partial charge in [-0.3, -0.25) is 4.79 Å². The average molecular weight is 330 g/mol. The second-order valence-electron chi connectivity index (χ2n) is 6.06. The molecule has 0 spiro atoms. The van der Waals surface area contributed by atoms with Crippen LogP contribution in [0.25, 0.3) is 0 Å². The van der Waals surface area contributed by atoms with Crippen molar-refractivity contribution in [1.29, 1.82) is 0 Å². The zero-order chi connectivity index (χ0) is 15.8. The molecule has 2 bridgehead atoms. The van der Waals surface area contributed by atoms with Crippen LogP contribution < -0.4 is 10.6 Å². The molecule has 3 aliphatic heterocycles. The highest BCUT2D eigenvalue weighted by Crippen LogP contribution is 2.31. The topological polar surface area (TPSA) is 88.2 Å². The van der Waals surface area contributed by atoms with Crippen molar-refractivity contribution in [3.05, 3.63) is 28.8 Å². The van der Waals surface area contributed by atoms with Crippen molar-refractivity contribution < 1.29 is 4.79 Å². The second kappa shape index (κ2) is 5.77. The van der Waals surface area contributed by atoms with E-state index in [1.807, 2.05) is 15.8 Å². The van der Waals surface area contributed by atoms with E-state index >= 15 is 0 Å². The van der Waals surface area contributed by atoms with Crippen molar-refractivity contribution in [1.82, 2.24) is 19.9 Å². The highest BCUT2D eigenvalue weighted by Gasteiger charge is 2.41. The molecule has 2 N–H and O–H groups in total. The fourth-order valence-electron chi connectivity index (χ4n) is 3.42. The Morgan fingerprint density at radius 1 is 1.30 bits per heavy atom. The number of thiazole rings is 1. The third kappa shape index (κ3) is 2.74. The van der Waals surface area contributed by atoms with E-state index in [1.54, 1.807) is 23.6 Å². The molecular formula is C15H18N6OS. The van der Waals surface area contributed by atoms with E-state index in [9.17, 15) is 4.79 Å². The Morgan fingerprint density at radius 3 is 3.00 bits per heavy atom. The Bertz CT molecular complexity index is 706. The number of carbonyl (C=O) groups is 1. The van der Waals surface area contributed by atoms with Gasteiger partial charge in [0.2, 0.25) is 11.9 Å². The van der Waals surface area contributed by atoms with Crippen molar-refractivity contribution in [3.63, 3.8) is 0 Å². The Kier molecular flexibility index (Phi) is 3.60. The van der Waals surface area contributed by atoms with Gasteiger partial charge in [-0.2, -0.15) is 4.98 Å². The molecule has 0 unspecified atom stereocenters. The molecule has 120 valence electrons. The summed E-state index contributed by atoms with van der Waals surface area (Å²) in [7, 11) is 0. The number of nitrogens with zero attached hydrogens (tertiary/aromatic N) is 5.